The zero-order valence-electron chi connectivity index (χ0n) is 9.26. The highest BCUT2D eigenvalue weighted by molar-refractivity contribution is 5.84. The fourth-order valence-corrected chi connectivity index (χ4v) is 1.65. The van der Waals surface area contributed by atoms with Crippen LogP contribution in [0, 0.1) is 0 Å². The number of likely N-dealkylation sites (tertiary alicyclic amines) is 1. The topological polar surface area (TPSA) is 29.5 Å². The normalized spacial score (nSPS) is 28.2. The van der Waals surface area contributed by atoms with Gasteiger partial charge in [-0.15, -0.1) is 0 Å². The van der Waals surface area contributed by atoms with E-state index in [1.165, 1.54) is 18.7 Å². The molecule has 1 rings (SSSR count). The summed E-state index contributed by atoms with van der Waals surface area (Å²) in [7, 11) is 1.62. The molecule has 3 nitrogen and oxygen atoms in total. The van der Waals surface area contributed by atoms with E-state index in [0.29, 0.717) is 13.1 Å². The molecule has 1 saturated heterocycles. The minimum absolute atomic E-state index is 0.305. The van der Waals surface area contributed by atoms with E-state index in [0.717, 1.165) is 6.42 Å². The highest BCUT2D eigenvalue weighted by atomic mass is 19.1. The Morgan fingerprint density at radius 2 is 2.14 bits per heavy atom. The molecule has 14 heavy (non-hydrogen) atoms. The van der Waals surface area contributed by atoms with Crippen LogP contribution in [-0.2, 0) is 9.53 Å². The molecule has 0 aromatic carbocycles. The summed E-state index contributed by atoms with van der Waals surface area (Å²) in [6, 6.07) is 0. The highest BCUT2D eigenvalue weighted by Gasteiger charge is 2.40. The third-order valence-electron chi connectivity index (χ3n) is 2.72. The van der Waals surface area contributed by atoms with Crippen LogP contribution in [0.2, 0.25) is 0 Å². The molecule has 0 aliphatic carbocycles. The second-order valence-electron chi connectivity index (χ2n) is 4.60. The summed E-state index contributed by atoms with van der Waals surface area (Å²) in [6.45, 7) is 5.58. The van der Waals surface area contributed by atoms with Crippen LogP contribution in [0.5, 0.6) is 0 Å². The molecular formula is C10H18FNO2. The SMILES string of the molecule is COC1(C)CCN(C(=O)C(C)(C)F)C1. The van der Waals surface area contributed by atoms with Crippen LogP contribution < -0.4 is 0 Å². The molecule has 82 valence electrons. The molecule has 1 amide bonds. The third kappa shape index (κ3) is 2.23. The number of nitrogens with zero attached hydrogens (tertiary/aromatic N) is 1. The summed E-state index contributed by atoms with van der Waals surface area (Å²) >= 11 is 0. The molecule has 0 radical (unpaired) electrons. The monoisotopic (exact) mass is 203 g/mol. The number of halogens is 1. The average Bonchev–Trinajstić information content (AvgIpc) is 2.46. The first kappa shape index (κ1) is 11.4. The van der Waals surface area contributed by atoms with Gasteiger partial charge in [-0.05, 0) is 27.2 Å². The molecule has 0 N–H and O–H groups in total. The van der Waals surface area contributed by atoms with E-state index in [9.17, 15) is 9.18 Å². The number of carbonyl (C=O) groups is 1. The predicted molar refractivity (Wildman–Crippen MR) is 51.8 cm³/mol. The fraction of sp³-hybridized carbons (Fsp3) is 0.900. The number of amides is 1. The highest BCUT2D eigenvalue weighted by Crippen LogP contribution is 2.26. The van der Waals surface area contributed by atoms with Crippen LogP contribution in [0.25, 0.3) is 0 Å². The molecule has 1 aliphatic heterocycles. The van der Waals surface area contributed by atoms with Gasteiger partial charge in [0.05, 0.1) is 5.60 Å². The molecule has 0 spiro atoms. The van der Waals surface area contributed by atoms with E-state index >= 15 is 0 Å². The van der Waals surface area contributed by atoms with Crippen molar-refractivity contribution in [2.24, 2.45) is 0 Å². The van der Waals surface area contributed by atoms with Crippen molar-refractivity contribution in [2.75, 3.05) is 20.2 Å². The van der Waals surface area contributed by atoms with Crippen molar-refractivity contribution in [3.8, 4) is 0 Å². The minimum Gasteiger partial charge on any atom is -0.377 e. The summed E-state index contributed by atoms with van der Waals surface area (Å²) in [5.74, 6) is -0.446. The molecule has 1 aliphatic rings. The summed E-state index contributed by atoms with van der Waals surface area (Å²) in [5, 5.41) is 0. The van der Waals surface area contributed by atoms with Gasteiger partial charge < -0.3 is 9.64 Å². The van der Waals surface area contributed by atoms with Gasteiger partial charge >= 0.3 is 0 Å². The number of carbonyl (C=O) groups excluding carboxylic acids is 1. The number of ether oxygens (including phenoxy) is 1. The van der Waals surface area contributed by atoms with Crippen molar-refractivity contribution in [1.29, 1.82) is 0 Å². The first-order valence-corrected chi connectivity index (χ1v) is 4.82. The van der Waals surface area contributed by atoms with E-state index in [4.69, 9.17) is 4.74 Å². The van der Waals surface area contributed by atoms with Crippen molar-refractivity contribution in [3.05, 3.63) is 0 Å². The van der Waals surface area contributed by atoms with Crippen molar-refractivity contribution in [2.45, 2.75) is 38.5 Å². The van der Waals surface area contributed by atoms with Crippen LogP contribution in [0.15, 0.2) is 0 Å². The third-order valence-corrected chi connectivity index (χ3v) is 2.72. The van der Waals surface area contributed by atoms with E-state index in [2.05, 4.69) is 0 Å². The molecule has 1 atom stereocenters. The van der Waals surface area contributed by atoms with Gasteiger partial charge in [-0.25, -0.2) is 4.39 Å². The van der Waals surface area contributed by atoms with E-state index in [1.807, 2.05) is 6.92 Å². The maximum atomic E-state index is 13.4. The molecule has 1 unspecified atom stereocenters. The first-order valence-electron chi connectivity index (χ1n) is 4.82. The summed E-state index contributed by atoms with van der Waals surface area (Å²) in [6.07, 6.45) is 0.769. The molecule has 0 aromatic heterocycles. The molecule has 4 heteroatoms. The first-order chi connectivity index (χ1) is 6.28. The number of alkyl halides is 1. The standard InChI is InChI=1S/C10H18FNO2/c1-9(2,11)8(13)12-6-5-10(3,7-12)14-4/h5-7H2,1-4H3. The van der Waals surface area contributed by atoms with Crippen molar-refractivity contribution in [3.63, 3.8) is 0 Å². The molecule has 1 heterocycles. The Labute approximate surface area is 84.2 Å². The van der Waals surface area contributed by atoms with Crippen LogP contribution >= 0.6 is 0 Å². The van der Waals surface area contributed by atoms with Crippen molar-refractivity contribution in [1.82, 2.24) is 4.90 Å². The second kappa shape index (κ2) is 3.50. The van der Waals surface area contributed by atoms with E-state index in [-0.39, 0.29) is 5.60 Å². The Hall–Kier alpha value is -0.640. The molecule has 0 bridgehead atoms. The molecule has 0 saturated carbocycles. The lowest BCUT2D eigenvalue weighted by atomic mass is 10.1. The molecule has 1 fully saturated rings. The largest absolute Gasteiger partial charge is 0.377 e. The lowest BCUT2D eigenvalue weighted by Crippen LogP contribution is -2.43. The van der Waals surface area contributed by atoms with E-state index in [1.54, 1.807) is 7.11 Å². The van der Waals surface area contributed by atoms with Crippen LogP contribution in [0.1, 0.15) is 27.2 Å². The number of hydrogen-bond donors (Lipinski definition) is 0. The number of methoxy groups -OCH3 is 1. The van der Waals surface area contributed by atoms with Crippen molar-refractivity contribution >= 4 is 5.91 Å². The Morgan fingerprint density at radius 3 is 2.50 bits per heavy atom. The fourth-order valence-electron chi connectivity index (χ4n) is 1.65. The quantitative estimate of drug-likeness (QED) is 0.678. The van der Waals surface area contributed by atoms with Gasteiger partial charge in [-0.2, -0.15) is 0 Å². The number of hydrogen-bond acceptors (Lipinski definition) is 2. The Bertz CT molecular complexity index is 237. The van der Waals surface area contributed by atoms with E-state index < -0.39 is 11.6 Å². The lowest BCUT2D eigenvalue weighted by molar-refractivity contribution is -0.141. The van der Waals surface area contributed by atoms with Crippen LogP contribution in [0.4, 0.5) is 4.39 Å². The van der Waals surface area contributed by atoms with Gasteiger partial charge in [-0.3, -0.25) is 4.79 Å². The zero-order valence-corrected chi connectivity index (χ0v) is 9.26. The van der Waals surface area contributed by atoms with Gasteiger partial charge in [0.2, 0.25) is 0 Å². The summed E-state index contributed by atoms with van der Waals surface area (Å²) in [4.78, 5) is 13.1. The Kier molecular flexibility index (Phi) is 2.86. The van der Waals surface area contributed by atoms with Gasteiger partial charge in [-0.1, -0.05) is 0 Å². The summed E-state index contributed by atoms with van der Waals surface area (Å²) in [5.41, 5.74) is -2.08. The smallest absolute Gasteiger partial charge is 0.259 e. The Balaban J connectivity index is 2.63. The van der Waals surface area contributed by atoms with Crippen LogP contribution in [0.3, 0.4) is 0 Å². The maximum Gasteiger partial charge on any atom is 0.259 e. The van der Waals surface area contributed by atoms with Gasteiger partial charge in [0.25, 0.3) is 5.91 Å². The summed E-state index contributed by atoms with van der Waals surface area (Å²) < 4.78 is 18.6. The number of rotatable bonds is 2. The molecular weight excluding hydrogens is 185 g/mol. The zero-order chi connectivity index (χ0) is 11.0. The predicted octanol–water partition coefficient (Wildman–Crippen LogP) is 1.37. The van der Waals surface area contributed by atoms with Gasteiger partial charge in [0, 0.05) is 20.2 Å². The van der Waals surface area contributed by atoms with Gasteiger partial charge in [0.1, 0.15) is 0 Å². The minimum atomic E-state index is -1.78. The molecule has 0 aromatic rings. The van der Waals surface area contributed by atoms with Crippen molar-refractivity contribution < 1.29 is 13.9 Å². The second-order valence-corrected chi connectivity index (χ2v) is 4.60. The van der Waals surface area contributed by atoms with Crippen LogP contribution in [-0.4, -0.2) is 42.3 Å². The lowest BCUT2D eigenvalue weighted by Gasteiger charge is -2.25. The average molecular weight is 203 g/mol. The Morgan fingerprint density at radius 1 is 1.57 bits per heavy atom. The maximum absolute atomic E-state index is 13.4. The van der Waals surface area contributed by atoms with Gasteiger partial charge in [0.15, 0.2) is 5.67 Å².